The summed E-state index contributed by atoms with van der Waals surface area (Å²) in [6, 6.07) is -1.76. The standard InChI is InChI=1S/C50H69F5N10O9/c1-10-29(14-12-11-13-15-30-16-17-40(58-21-30)65-24-37-38(65)23-64(37)32-26-73-27-32)18-36(59-44(67)42(61-47(70)72-9)49(6,7)50(53,54)55)39(66)25-63(62-45(68)41(48(3,4)5)60-46(69)71-8)22-33-34(51)19-31(20-35(33)52)43(57)74-28(2)56/h10-12,14,16-17,19-20,30,32,36-39,41-42,46-47,56-57,60-61,66,69-70H,1,18,21-27H2,2-9H3,(H,59,67)(H,62,68)/p+2. The van der Waals surface area contributed by atoms with Crippen LogP contribution in [0.2, 0.25) is 0 Å². The van der Waals surface area contributed by atoms with Crippen molar-refractivity contribution in [2.45, 2.75) is 116 Å². The van der Waals surface area contributed by atoms with E-state index in [4.69, 9.17) is 34.8 Å². The number of fused-ring (bicyclic) bond motifs is 1. The van der Waals surface area contributed by atoms with E-state index in [9.17, 15) is 38.1 Å². The third kappa shape index (κ3) is 15.2. The summed E-state index contributed by atoms with van der Waals surface area (Å²) < 4.78 is 95.4. The van der Waals surface area contributed by atoms with Gasteiger partial charge >= 0.3 is 12.1 Å². The van der Waals surface area contributed by atoms with E-state index in [2.05, 4.69) is 44.2 Å². The number of halogens is 5. The van der Waals surface area contributed by atoms with E-state index < -0.39 is 108 Å². The van der Waals surface area contributed by atoms with Crippen LogP contribution in [0.5, 0.6) is 0 Å². The molecule has 9 unspecified atom stereocenters. The molecule has 1 aromatic rings. The zero-order valence-corrected chi connectivity index (χ0v) is 42.9. The number of ether oxygens (including phenoxy) is 4. The first-order chi connectivity index (χ1) is 34.7. The van der Waals surface area contributed by atoms with Gasteiger partial charge in [0.1, 0.15) is 42.1 Å². The van der Waals surface area contributed by atoms with Crippen LogP contribution in [0.25, 0.3) is 0 Å². The van der Waals surface area contributed by atoms with Crippen molar-refractivity contribution in [1.29, 1.82) is 10.8 Å². The van der Waals surface area contributed by atoms with Gasteiger partial charge in [0.15, 0.2) is 12.0 Å². The maximum absolute atomic E-state index is 15.9. The molecular weight excluding hydrogens is 980 g/mol. The normalized spacial score (nSPS) is 21.9. The quantitative estimate of drug-likeness (QED) is 0.00945. The molecule has 24 heteroatoms. The van der Waals surface area contributed by atoms with Crippen molar-refractivity contribution in [2.24, 2.45) is 21.7 Å². The highest BCUT2D eigenvalue weighted by atomic mass is 19.4. The van der Waals surface area contributed by atoms with Crippen molar-refractivity contribution in [3.8, 4) is 11.8 Å². The number of rotatable bonds is 22. The number of piperazine rings is 1. The molecule has 9 atom stereocenters. The summed E-state index contributed by atoms with van der Waals surface area (Å²) in [7, 11) is 2.18. The number of amides is 2. The van der Waals surface area contributed by atoms with Gasteiger partial charge in [0.2, 0.25) is 24.6 Å². The van der Waals surface area contributed by atoms with Crippen LogP contribution in [0.3, 0.4) is 0 Å². The number of primary amides is 1. The monoisotopic (exact) mass is 1050 g/mol. The molecule has 4 aliphatic rings. The maximum Gasteiger partial charge on any atom is 0.395 e. The molecule has 0 aliphatic carbocycles. The molecule has 0 saturated carbocycles. The van der Waals surface area contributed by atoms with Gasteiger partial charge in [0.05, 0.1) is 49.7 Å². The number of quaternary nitrogens is 1. The molecule has 3 saturated heterocycles. The number of methoxy groups -OCH3 is 2. The van der Waals surface area contributed by atoms with Crippen LogP contribution < -0.4 is 21.4 Å². The molecule has 0 radical (unpaired) electrons. The Labute approximate surface area is 427 Å². The Kier molecular flexibility index (Phi) is 20.5. The van der Waals surface area contributed by atoms with E-state index in [1.165, 1.54) is 20.1 Å². The molecule has 2 amide bonds. The van der Waals surface area contributed by atoms with Crippen LogP contribution in [0.4, 0.5) is 22.0 Å². The predicted molar refractivity (Wildman–Crippen MR) is 264 cm³/mol. The molecule has 1 aromatic carbocycles. The number of aliphatic hydroxyl groups excluding tert-OH is 2. The SMILES string of the molecule is C=CC(=CC=CC#CC1C=CC(N2CC3C2CN3C2COC2)=NC1)CC(NC(=O)C(NC(O)OC)C(C)(C)C(F)(F)F)C([OH2+])CN(Cc1c(F)cc(C(=N)OC(C)=N)cc1F)[NH2+]C(=O)C(NC(O)OC)C(C)(C)C. The maximum atomic E-state index is 15.9. The number of carbonyl (C=O) groups is 2. The van der Waals surface area contributed by atoms with Gasteiger partial charge in [-0.25, -0.2) is 19.0 Å². The van der Waals surface area contributed by atoms with Crippen molar-refractivity contribution >= 4 is 29.4 Å². The Morgan fingerprint density at radius 3 is 2.19 bits per heavy atom. The molecule has 3 fully saturated rings. The van der Waals surface area contributed by atoms with E-state index in [1.54, 1.807) is 39.0 Å². The minimum Gasteiger partial charge on any atom is -0.441 e. The van der Waals surface area contributed by atoms with Gasteiger partial charge in [-0.1, -0.05) is 63.5 Å². The summed E-state index contributed by atoms with van der Waals surface area (Å²) in [4.78, 5) is 37.8. The molecule has 19 nitrogen and oxygen atoms in total. The van der Waals surface area contributed by atoms with E-state index >= 15 is 8.78 Å². The number of dihydropyridines is 1. The van der Waals surface area contributed by atoms with Gasteiger partial charge in [0, 0.05) is 57.8 Å². The lowest BCUT2D eigenvalue weighted by molar-refractivity contribution is -0.735. The van der Waals surface area contributed by atoms with Crippen molar-refractivity contribution in [2.75, 3.05) is 53.6 Å². The number of allylic oxidation sites excluding steroid dienone is 4. The van der Waals surface area contributed by atoms with Crippen LogP contribution in [-0.2, 0) is 35.1 Å². The van der Waals surface area contributed by atoms with E-state index in [-0.39, 0.29) is 17.9 Å². The third-order valence-electron chi connectivity index (χ3n) is 13.3. The highest BCUT2D eigenvalue weighted by Crippen LogP contribution is 2.41. The summed E-state index contributed by atoms with van der Waals surface area (Å²) in [6.07, 6.45) is -0.427. The second-order valence-electron chi connectivity index (χ2n) is 20.2. The number of hydrogen-bond acceptors (Lipinski definition) is 16. The first-order valence-electron chi connectivity index (χ1n) is 24.0. The predicted octanol–water partition coefficient (Wildman–Crippen LogP) is 1.50. The molecule has 74 heavy (non-hydrogen) atoms. The van der Waals surface area contributed by atoms with E-state index in [0.717, 1.165) is 75.7 Å². The minimum absolute atomic E-state index is 0.152. The van der Waals surface area contributed by atoms with Crippen LogP contribution >= 0.6 is 0 Å². The fourth-order valence-electron chi connectivity index (χ4n) is 8.64. The number of nitrogens with two attached hydrogens (primary N) is 1. The van der Waals surface area contributed by atoms with Crippen molar-refractivity contribution in [3.05, 3.63) is 83.5 Å². The number of nitrogens with one attached hydrogen (secondary N) is 5. The Hall–Kier alpha value is -5.30. The molecule has 5 rings (SSSR count). The molecule has 4 heterocycles. The number of carbonyl (C=O) groups excluding carboxylic acids is 2. The topological polar surface area (TPSA) is 257 Å². The highest BCUT2D eigenvalue weighted by Gasteiger charge is 2.57. The Morgan fingerprint density at radius 1 is 1.05 bits per heavy atom. The fourth-order valence-corrected chi connectivity index (χ4v) is 8.64. The smallest absolute Gasteiger partial charge is 0.395 e. The van der Waals surface area contributed by atoms with Gasteiger partial charge in [-0.3, -0.25) is 36.1 Å². The summed E-state index contributed by atoms with van der Waals surface area (Å²) in [5, 5.41) is 54.0. The first kappa shape index (κ1) is 59.6. The Morgan fingerprint density at radius 2 is 1.69 bits per heavy atom. The lowest BCUT2D eigenvalue weighted by atomic mass is 9.82. The molecule has 0 spiro atoms. The minimum atomic E-state index is -5.01. The largest absolute Gasteiger partial charge is 0.441 e. The summed E-state index contributed by atoms with van der Waals surface area (Å²) in [6.45, 7) is 14.2. The van der Waals surface area contributed by atoms with Gasteiger partial charge in [-0.15, -0.1) is 5.01 Å². The zero-order chi connectivity index (χ0) is 54.9. The second kappa shape index (κ2) is 25.5. The summed E-state index contributed by atoms with van der Waals surface area (Å²) >= 11 is 0. The van der Waals surface area contributed by atoms with Crippen molar-refractivity contribution < 1.29 is 71.2 Å². The fraction of sp³-hybridized carbons (Fsp3) is 0.580. The molecule has 0 aromatic heterocycles. The zero-order valence-electron chi connectivity index (χ0n) is 42.9. The van der Waals surface area contributed by atoms with Crippen LogP contribution in [0, 0.1) is 51.0 Å². The van der Waals surface area contributed by atoms with E-state index in [0.29, 0.717) is 30.2 Å². The van der Waals surface area contributed by atoms with Gasteiger partial charge in [-0.05, 0) is 49.1 Å². The number of aliphatic hydroxyl groups is 2. The Balaban J connectivity index is 1.42. The average molecular weight is 1050 g/mol. The second-order valence-corrected chi connectivity index (χ2v) is 20.2. The summed E-state index contributed by atoms with van der Waals surface area (Å²) in [5.74, 6) is 1.36. The molecule has 11 N–H and O–H groups in total. The average Bonchev–Trinajstić information content (AvgIpc) is 3.29. The number of nitrogens with zero attached hydrogens (tertiary/aromatic N) is 4. The van der Waals surface area contributed by atoms with Crippen LogP contribution in [0.1, 0.15) is 59.1 Å². The van der Waals surface area contributed by atoms with Crippen molar-refractivity contribution in [1.82, 2.24) is 30.8 Å². The number of amidine groups is 1. The van der Waals surface area contributed by atoms with Gasteiger partial charge < -0.3 is 44.5 Å². The number of aliphatic imine (C=N–C) groups is 1. The van der Waals surface area contributed by atoms with Crippen molar-refractivity contribution in [3.63, 3.8) is 0 Å². The number of benzene rings is 1. The first-order valence-corrected chi connectivity index (χ1v) is 24.0. The lowest BCUT2D eigenvalue weighted by Gasteiger charge is -2.65. The molecule has 0 bridgehead atoms. The summed E-state index contributed by atoms with van der Waals surface area (Å²) in [5.41, 5.74) is -3.41. The molecule has 4 aliphatic heterocycles. The Bertz CT molecular complexity index is 2370. The van der Waals surface area contributed by atoms with Gasteiger partial charge in [0.25, 0.3) is 0 Å². The lowest BCUT2D eigenvalue weighted by Crippen LogP contribution is -3.00. The third-order valence-corrected chi connectivity index (χ3v) is 13.3. The number of hydrogen-bond donors (Lipinski definition) is 8. The van der Waals surface area contributed by atoms with Crippen LogP contribution in [-0.4, -0.2) is 175 Å². The van der Waals surface area contributed by atoms with Crippen LogP contribution in [0.15, 0.2) is 65.7 Å². The highest BCUT2D eigenvalue weighted by molar-refractivity contribution is 5.98. The number of likely N-dealkylation sites (tertiary alicyclic amines) is 2. The molecular formula is C50H71F5N10O9+2. The molecule has 408 valence electrons. The number of alkyl halides is 3. The van der Waals surface area contributed by atoms with E-state index in [1.807, 2.05) is 12.2 Å². The van der Waals surface area contributed by atoms with Gasteiger partial charge in [-0.2, -0.15) is 13.2 Å².